The predicted molar refractivity (Wildman–Crippen MR) is 47.1 cm³/mol. The molecule has 0 aromatic carbocycles. The molecular formula is C9H18NO. The van der Waals surface area contributed by atoms with Crippen molar-refractivity contribution in [3.05, 3.63) is 0 Å². The monoisotopic (exact) mass is 156 g/mol. The van der Waals surface area contributed by atoms with Gasteiger partial charge in [-0.25, -0.2) is 0 Å². The van der Waals surface area contributed by atoms with Crippen LogP contribution in [0.25, 0.3) is 0 Å². The Morgan fingerprint density at radius 1 is 1.36 bits per heavy atom. The van der Waals surface area contributed by atoms with Gasteiger partial charge in [-0.2, -0.15) is 0 Å². The van der Waals surface area contributed by atoms with Gasteiger partial charge in [-0.3, -0.25) is 4.79 Å². The van der Waals surface area contributed by atoms with Crippen LogP contribution in [0.4, 0.5) is 0 Å². The zero-order chi connectivity index (χ0) is 8.53. The summed E-state index contributed by atoms with van der Waals surface area (Å²) < 4.78 is 0. The molecule has 1 radical (unpaired) electrons. The highest BCUT2D eigenvalue weighted by Gasteiger charge is 2.02. The average molecular weight is 156 g/mol. The Morgan fingerprint density at radius 2 is 2.09 bits per heavy atom. The van der Waals surface area contributed by atoms with Crippen molar-refractivity contribution in [2.24, 2.45) is 0 Å². The van der Waals surface area contributed by atoms with Gasteiger partial charge in [-0.1, -0.05) is 33.1 Å². The molecule has 1 atom stereocenters. The van der Waals surface area contributed by atoms with Crippen LogP contribution < -0.4 is 5.32 Å². The standard InChI is InChI=1S/C9H18NO/c1-3-5-6-7-9(4-2)10-8-11/h9H,3-7H2,1-2H3,(H,10,11). The summed E-state index contributed by atoms with van der Waals surface area (Å²) in [6.45, 7) is 4.27. The maximum absolute atomic E-state index is 9.97. The van der Waals surface area contributed by atoms with Crippen LogP contribution in [-0.2, 0) is 4.79 Å². The lowest BCUT2D eigenvalue weighted by atomic mass is 10.1. The molecule has 1 amide bonds. The summed E-state index contributed by atoms with van der Waals surface area (Å²) in [6.07, 6.45) is 7.57. The Hall–Kier alpha value is -0.530. The van der Waals surface area contributed by atoms with Gasteiger partial charge in [0.2, 0.25) is 0 Å². The zero-order valence-corrected chi connectivity index (χ0v) is 7.52. The highest BCUT2D eigenvalue weighted by atomic mass is 16.1. The number of hydrogen-bond donors (Lipinski definition) is 1. The van der Waals surface area contributed by atoms with E-state index in [-0.39, 0.29) is 0 Å². The molecule has 0 saturated heterocycles. The van der Waals surface area contributed by atoms with E-state index in [1.807, 2.05) is 0 Å². The third kappa shape index (κ3) is 5.89. The minimum Gasteiger partial charge on any atom is -0.345 e. The summed E-state index contributed by atoms with van der Waals surface area (Å²) in [5, 5.41) is 2.69. The van der Waals surface area contributed by atoms with Gasteiger partial charge >= 0.3 is 6.41 Å². The highest BCUT2D eigenvalue weighted by molar-refractivity contribution is 5.47. The predicted octanol–water partition coefficient (Wildman–Crippen LogP) is 2.00. The minimum atomic E-state index is 0.346. The minimum absolute atomic E-state index is 0.346. The molecule has 1 unspecified atom stereocenters. The van der Waals surface area contributed by atoms with Crippen molar-refractivity contribution in [1.82, 2.24) is 5.32 Å². The van der Waals surface area contributed by atoms with Gasteiger partial charge in [0.1, 0.15) is 0 Å². The Kier molecular flexibility index (Phi) is 7.21. The van der Waals surface area contributed by atoms with Crippen LogP contribution in [0.1, 0.15) is 46.0 Å². The third-order valence-corrected chi connectivity index (χ3v) is 1.91. The van der Waals surface area contributed by atoms with E-state index in [0.717, 1.165) is 12.8 Å². The van der Waals surface area contributed by atoms with Crippen LogP contribution in [0, 0.1) is 0 Å². The Balaban J connectivity index is 3.27. The number of nitrogens with one attached hydrogen (secondary N) is 1. The molecule has 0 aromatic rings. The Morgan fingerprint density at radius 3 is 2.55 bits per heavy atom. The van der Waals surface area contributed by atoms with E-state index in [4.69, 9.17) is 0 Å². The SMILES string of the molecule is CCCCCC(CC)N[C]=O. The van der Waals surface area contributed by atoms with Crippen molar-refractivity contribution >= 4 is 6.41 Å². The first-order valence-corrected chi connectivity index (χ1v) is 4.47. The summed E-state index contributed by atoms with van der Waals surface area (Å²) in [7, 11) is 0. The largest absolute Gasteiger partial charge is 0.345 e. The van der Waals surface area contributed by atoms with Crippen molar-refractivity contribution in [3.63, 3.8) is 0 Å². The average Bonchev–Trinajstić information content (AvgIpc) is 2.03. The molecule has 0 rings (SSSR count). The fraction of sp³-hybridized carbons (Fsp3) is 0.889. The number of unbranched alkanes of at least 4 members (excludes halogenated alkanes) is 2. The van der Waals surface area contributed by atoms with Crippen LogP contribution in [0.5, 0.6) is 0 Å². The first-order valence-electron chi connectivity index (χ1n) is 4.47. The van der Waals surface area contributed by atoms with E-state index >= 15 is 0 Å². The summed E-state index contributed by atoms with van der Waals surface area (Å²) >= 11 is 0. The van der Waals surface area contributed by atoms with E-state index in [0.29, 0.717) is 6.04 Å². The first-order chi connectivity index (χ1) is 5.35. The van der Waals surface area contributed by atoms with Crippen LogP contribution >= 0.6 is 0 Å². The van der Waals surface area contributed by atoms with Crippen LogP contribution in [-0.4, -0.2) is 12.5 Å². The van der Waals surface area contributed by atoms with Crippen molar-refractivity contribution in [2.45, 2.75) is 52.0 Å². The number of hydrogen-bond acceptors (Lipinski definition) is 1. The second-order valence-electron chi connectivity index (χ2n) is 2.85. The van der Waals surface area contributed by atoms with Gasteiger partial charge in [0, 0.05) is 6.04 Å². The summed E-state index contributed by atoms with van der Waals surface area (Å²) in [5.74, 6) is 0. The summed E-state index contributed by atoms with van der Waals surface area (Å²) in [4.78, 5) is 9.97. The molecule has 0 saturated carbocycles. The lowest BCUT2D eigenvalue weighted by molar-refractivity contribution is 0.476. The van der Waals surface area contributed by atoms with Crippen molar-refractivity contribution in [1.29, 1.82) is 0 Å². The molecule has 0 aliphatic carbocycles. The van der Waals surface area contributed by atoms with Gasteiger partial charge in [0.05, 0.1) is 0 Å². The van der Waals surface area contributed by atoms with E-state index in [1.165, 1.54) is 19.3 Å². The molecule has 2 nitrogen and oxygen atoms in total. The van der Waals surface area contributed by atoms with E-state index in [9.17, 15) is 4.79 Å². The fourth-order valence-electron chi connectivity index (χ4n) is 1.10. The quantitative estimate of drug-likeness (QED) is 0.443. The van der Waals surface area contributed by atoms with Crippen molar-refractivity contribution in [3.8, 4) is 0 Å². The molecule has 0 aliphatic heterocycles. The molecule has 11 heavy (non-hydrogen) atoms. The fourth-order valence-corrected chi connectivity index (χ4v) is 1.10. The van der Waals surface area contributed by atoms with Crippen molar-refractivity contribution in [2.75, 3.05) is 0 Å². The smallest absolute Gasteiger partial charge is 0.309 e. The molecule has 2 heteroatoms. The number of rotatable bonds is 7. The topological polar surface area (TPSA) is 29.1 Å². The van der Waals surface area contributed by atoms with E-state index in [2.05, 4.69) is 19.2 Å². The Bertz CT molecular complexity index is 93.6. The second kappa shape index (κ2) is 7.58. The van der Waals surface area contributed by atoms with E-state index in [1.54, 1.807) is 6.41 Å². The normalized spacial score (nSPS) is 12.5. The maximum Gasteiger partial charge on any atom is 0.309 e. The van der Waals surface area contributed by atoms with Crippen LogP contribution in [0.3, 0.4) is 0 Å². The maximum atomic E-state index is 9.97. The third-order valence-electron chi connectivity index (χ3n) is 1.91. The number of carbonyl (C=O) groups excluding carboxylic acids is 1. The summed E-state index contributed by atoms with van der Waals surface area (Å²) in [5.41, 5.74) is 0. The highest BCUT2D eigenvalue weighted by Crippen LogP contribution is 2.05. The van der Waals surface area contributed by atoms with Gasteiger partial charge in [0.15, 0.2) is 0 Å². The van der Waals surface area contributed by atoms with Crippen LogP contribution in [0.15, 0.2) is 0 Å². The zero-order valence-electron chi connectivity index (χ0n) is 7.52. The molecule has 65 valence electrons. The van der Waals surface area contributed by atoms with Crippen LogP contribution in [0.2, 0.25) is 0 Å². The lowest BCUT2D eigenvalue weighted by Gasteiger charge is -2.11. The molecule has 0 fully saturated rings. The molecule has 0 spiro atoms. The Labute approximate surface area is 69.4 Å². The van der Waals surface area contributed by atoms with Gasteiger partial charge in [-0.15, -0.1) is 0 Å². The molecule has 0 aromatic heterocycles. The van der Waals surface area contributed by atoms with Gasteiger partial charge in [0.25, 0.3) is 0 Å². The van der Waals surface area contributed by atoms with Gasteiger partial charge in [-0.05, 0) is 12.8 Å². The van der Waals surface area contributed by atoms with Crippen molar-refractivity contribution < 1.29 is 4.79 Å². The van der Waals surface area contributed by atoms with E-state index < -0.39 is 0 Å². The lowest BCUT2D eigenvalue weighted by Crippen LogP contribution is -2.26. The second-order valence-corrected chi connectivity index (χ2v) is 2.85. The molecule has 1 N–H and O–H groups in total. The molecule has 0 aliphatic rings. The first kappa shape index (κ1) is 10.5. The number of amides is 1. The van der Waals surface area contributed by atoms with Gasteiger partial charge < -0.3 is 5.32 Å². The summed E-state index contributed by atoms with van der Waals surface area (Å²) in [6, 6.07) is 0.346. The molecular weight excluding hydrogens is 138 g/mol. The molecule has 0 heterocycles. The molecule has 0 bridgehead atoms.